The van der Waals surface area contributed by atoms with Crippen molar-refractivity contribution in [1.82, 2.24) is 10.2 Å². The Hall–Kier alpha value is -3.46. The fourth-order valence-electron chi connectivity index (χ4n) is 3.35. The van der Waals surface area contributed by atoms with Gasteiger partial charge in [0.1, 0.15) is 24.8 Å². The molecule has 0 aliphatic carbocycles. The Morgan fingerprint density at radius 2 is 2.00 bits per heavy atom. The van der Waals surface area contributed by atoms with E-state index in [0.29, 0.717) is 16.7 Å². The molecule has 4 rings (SSSR count). The molecule has 0 aromatic heterocycles. The van der Waals surface area contributed by atoms with Crippen molar-refractivity contribution < 1.29 is 27.9 Å². The van der Waals surface area contributed by atoms with Crippen LogP contribution in [-0.4, -0.2) is 36.0 Å². The first-order chi connectivity index (χ1) is 14.3. The molecule has 154 valence electrons. The molecule has 2 aliphatic rings. The number of halogens is 3. The smallest absolute Gasteiger partial charge is 0.338 e. The summed E-state index contributed by atoms with van der Waals surface area (Å²) in [6.45, 7) is -0.700. The average Bonchev–Trinajstić information content (AvgIpc) is 3.08. The number of rotatable bonds is 4. The molecule has 2 aromatic rings. The monoisotopic (exact) mass is 433 g/mol. The zero-order valence-electron chi connectivity index (χ0n) is 15.2. The van der Waals surface area contributed by atoms with E-state index in [4.69, 9.17) is 16.3 Å². The first-order valence-corrected chi connectivity index (χ1v) is 9.20. The maximum Gasteiger partial charge on any atom is 0.338 e. The van der Waals surface area contributed by atoms with Gasteiger partial charge in [-0.25, -0.2) is 18.4 Å². The second kappa shape index (κ2) is 7.75. The number of ether oxygens (including phenoxy) is 1. The van der Waals surface area contributed by atoms with E-state index in [1.807, 2.05) is 0 Å². The lowest BCUT2D eigenvalue weighted by Gasteiger charge is -2.32. The van der Waals surface area contributed by atoms with Gasteiger partial charge in [-0.3, -0.25) is 9.69 Å². The maximum absolute atomic E-state index is 13.8. The highest BCUT2D eigenvalue weighted by Crippen LogP contribution is 2.37. The fourth-order valence-corrected chi connectivity index (χ4v) is 3.59. The predicted octanol–water partition coefficient (Wildman–Crippen LogP) is 3.13. The summed E-state index contributed by atoms with van der Waals surface area (Å²) in [7, 11) is 0. The number of benzene rings is 2. The summed E-state index contributed by atoms with van der Waals surface area (Å²) in [5.74, 6) is -3.12. The van der Waals surface area contributed by atoms with Gasteiger partial charge in [0.05, 0.1) is 23.0 Å². The van der Waals surface area contributed by atoms with Crippen molar-refractivity contribution in [1.29, 1.82) is 0 Å². The number of esters is 1. The van der Waals surface area contributed by atoms with Crippen LogP contribution in [0.1, 0.15) is 11.6 Å². The second-order valence-electron chi connectivity index (χ2n) is 6.60. The molecule has 0 fully saturated rings. The summed E-state index contributed by atoms with van der Waals surface area (Å²) in [6, 6.07) is 7.93. The molecular weight excluding hydrogens is 420 g/mol. The Bertz CT molecular complexity index is 1110. The van der Waals surface area contributed by atoms with E-state index < -0.39 is 42.1 Å². The lowest BCUT2D eigenvalue weighted by Crippen LogP contribution is -2.49. The summed E-state index contributed by atoms with van der Waals surface area (Å²) >= 11 is 6.21. The minimum atomic E-state index is -0.954. The Balaban J connectivity index is 1.61. The summed E-state index contributed by atoms with van der Waals surface area (Å²) in [5.41, 5.74) is 0.670. The van der Waals surface area contributed by atoms with Crippen LogP contribution in [0.2, 0.25) is 5.02 Å². The number of amides is 3. The van der Waals surface area contributed by atoms with Gasteiger partial charge in [0, 0.05) is 11.1 Å². The predicted molar refractivity (Wildman–Crippen MR) is 102 cm³/mol. The molecule has 0 saturated carbocycles. The highest BCUT2D eigenvalue weighted by atomic mass is 35.5. The van der Waals surface area contributed by atoms with Crippen molar-refractivity contribution in [3.8, 4) is 0 Å². The summed E-state index contributed by atoms with van der Waals surface area (Å²) < 4.78 is 31.9. The maximum atomic E-state index is 13.8. The number of urea groups is 1. The summed E-state index contributed by atoms with van der Waals surface area (Å²) in [6.07, 6.45) is 0. The van der Waals surface area contributed by atoms with Gasteiger partial charge in [0.2, 0.25) is 5.91 Å². The zero-order valence-corrected chi connectivity index (χ0v) is 16.0. The van der Waals surface area contributed by atoms with Crippen LogP contribution in [-0.2, 0) is 14.3 Å². The molecule has 2 aromatic carbocycles. The number of hydrogen-bond acceptors (Lipinski definition) is 4. The van der Waals surface area contributed by atoms with Gasteiger partial charge in [-0.2, -0.15) is 0 Å². The first kappa shape index (κ1) is 19.8. The Morgan fingerprint density at radius 1 is 1.23 bits per heavy atom. The fraction of sp³-hybridized carbons (Fsp3) is 0.150. The number of hydrogen-bond donors (Lipinski definition) is 2. The number of anilines is 1. The normalized spacial score (nSPS) is 18.1. The molecule has 0 unspecified atom stereocenters. The van der Waals surface area contributed by atoms with Crippen molar-refractivity contribution >= 4 is 35.2 Å². The molecule has 2 aliphatic heterocycles. The number of carbonyl (C=O) groups excluding carboxylic acids is 3. The quantitative estimate of drug-likeness (QED) is 0.725. The van der Waals surface area contributed by atoms with Crippen LogP contribution in [0.25, 0.3) is 0 Å². The molecule has 3 amide bonds. The van der Waals surface area contributed by atoms with E-state index in [2.05, 4.69) is 10.6 Å². The average molecular weight is 434 g/mol. The Labute approximate surface area is 174 Å². The van der Waals surface area contributed by atoms with Crippen LogP contribution < -0.4 is 10.6 Å². The third-order valence-corrected chi connectivity index (χ3v) is 5.07. The Kier molecular flexibility index (Phi) is 5.13. The van der Waals surface area contributed by atoms with Gasteiger partial charge < -0.3 is 15.4 Å². The summed E-state index contributed by atoms with van der Waals surface area (Å²) in [4.78, 5) is 38.4. The van der Waals surface area contributed by atoms with Crippen LogP contribution in [0, 0.1) is 11.6 Å². The van der Waals surface area contributed by atoms with Crippen LogP contribution in [0.15, 0.2) is 53.7 Å². The molecule has 2 heterocycles. The molecule has 1 atom stereocenters. The van der Waals surface area contributed by atoms with E-state index in [0.717, 1.165) is 17.0 Å². The Morgan fingerprint density at radius 3 is 2.73 bits per heavy atom. The van der Waals surface area contributed by atoms with Crippen molar-refractivity contribution in [3.05, 3.63) is 76.0 Å². The van der Waals surface area contributed by atoms with E-state index in [-0.39, 0.29) is 23.6 Å². The molecular formula is C20H14ClF2N3O4. The van der Waals surface area contributed by atoms with E-state index >= 15 is 0 Å². The van der Waals surface area contributed by atoms with Crippen LogP contribution in [0.3, 0.4) is 0 Å². The van der Waals surface area contributed by atoms with Gasteiger partial charge >= 0.3 is 12.0 Å². The van der Waals surface area contributed by atoms with Crippen molar-refractivity contribution in [2.45, 2.75) is 6.04 Å². The van der Waals surface area contributed by atoms with Gasteiger partial charge in [0.15, 0.2) is 0 Å². The number of carbonyl (C=O) groups is 3. The third kappa shape index (κ3) is 3.59. The lowest BCUT2D eigenvalue weighted by molar-refractivity contribution is -0.136. The molecule has 10 heteroatoms. The third-order valence-electron chi connectivity index (χ3n) is 4.72. The minimum Gasteiger partial charge on any atom is -0.456 e. The number of cyclic esters (lactones) is 1. The number of nitrogens with one attached hydrogen (secondary N) is 2. The number of nitrogens with zero attached hydrogens (tertiary/aromatic N) is 1. The van der Waals surface area contributed by atoms with Crippen LogP contribution in [0.4, 0.5) is 19.3 Å². The van der Waals surface area contributed by atoms with E-state index in [9.17, 15) is 23.2 Å². The van der Waals surface area contributed by atoms with Crippen molar-refractivity contribution in [3.63, 3.8) is 0 Å². The lowest BCUT2D eigenvalue weighted by atomic mass is 9.95. The van der Waals surface area contributed by atoms with Gasteiger partial charge in [-0.05, 0) is 23.8 Å². The second-order valence-corrected chi connectivity index (χ2v) is 7.01. The molecule has 7 nitrogen and oxygen atoms in total. The first-order valence-electron chi connectivity index (χ1n) is 8.82. The van der Waals surface area contributed by atoms with Crippen LogP contribution >= 0.6 is 11.6 Å². The topological polar surface area (TPSA) is 87.7 Å². The minimum absolute atomic E-state index is 0.170. The molecule has 0 radical (unpaired) electrons. The van der Waals surface area contributed by atoms with E-state index in [1.165, 1.54) is 0 Å². The van der Waals surface area contributed by atoms with Gasteiger partial charge in [0.25, 0.3) is 0 Å². The van der Waals surface area contributed by atoms with Gasteiger partial charge in [-0.15, -0.1) is 0 Å². The highest BCUT2D eigenvalue weighted by Gasteiger charge is 2.43. The zero-order chi connectivity index (χ0) is 21.4. The van der Waals surface area contributed by atoms with Gasteiger partial charge in [-0.1, -0.05) is 29.8 Å². The molecule has 2 N–H and O–H groups in total. The highest BCUT2D eigenvalue weighted by molar-refractivity contribution is 6.31. The largest absolute Gasteiger partial charge is 0.456 e. The summed E-state index contributed by atoms with van der Waals surface area (Å²) in [5, 5.41) is 5.28. The molecule has 0 bridgehead atoms. The van der Waals surface area contributed by atoms with Crippen LogP contribution in [0.5, 0.6) is 0 Å². The van der Waals surface area contributed by atoms with Crippen molar-refractivity contribution in [2.75, 3.05) is 18.5 Å². The molecule has 0 spiro atoms. The SMILES string of the molecule is O=C(CN1C(=O)N[C@H](c2ccccc2Cl)C2=C1COC2=O)Nc1ccc(F)cc1F. The standard InChI is InChI=1S/C20H14ClF2N3O4/c21-12-4-2-1-3-11(12)18-17-15(9-30-19(17)28)26(20(29)25-18)8-16(27)24-14-6-5-10(22)7-13(14)23/h1-7,18H,8-9H2,(H,24,27)(H,25,29)/t18-/m1/s1. The van der Waals surface area contributed by atoms with Crippen molar-refractivity contribution in [2.24, 2.45) is 0 Å². The molecule has 0 saturated heterocycles. The molecule has 30 heavy (non-hydrogen) atoms. The van der Waals surface area contributed by atoms with E-state index in [1.54, 1.807) is 24.3 Å².